The van der Waals surface area contributed by atoms with Crippen molar-refractivity contribution in [2.45, 2.75) is 44.9 Å². The van der Waals surface area contributed by atoms with Crippen LogP contribution in [0.4, 0.5) is 4.39 Å². The first-order valence-corrected chi connectivity index (χ1v) is 9.61. The number of benzene rings is 1. The van der Waals surface area contributed by atoms with Gasteiger partial charge in [0.1, 0.15) is 15.7 Å². The van der Waals surface area contributed by atoms with Gasteiger partial charge in [-0.15, -0.1) is 0 Å². The third-order valence-electron chi connectivity index (χ3n) is 4.10. The SMILES string of the molecule is Cc1cc(F)ccc1C(O)CN(C(C)CS(C)(=O)=O)C1CC1. The lowest BCUT2D eigenvalue weighted by atomic mass is 10.0. The van der Waals surface area contributed by atoms with E-state index < -0.39 is 15.9 Å². The Labute approximate surface area is 131 Å². The van der Waals surface area contributed by atoms with E-state index in [0.717, 1.165) is 12.8 Å². The molecule has 0 bridgehead atoms. The van der Waals surface area contributed by atoms with Crippen LogP contribution >= 0.6 is 0 Å². The smallest absolute Gasteiger partial charge is 0.148 e. The van der Waals surface area contributed by atoms with E-state index in [1.807, 2.05) is 6.92 Å². The zero-order chi connectivity index (χ0) is 16.5. The molecule has 124 valence electrons. The fraction of sp³-hybridized carbons (Fsp3) is 0.625. The first-order valence-electron chi connectivity index (χ1n) is 7.55. The van der Waals surface area contributed by atoms with Crippen molar-refractivity contribution >= 4 is 9.84 Å². The van der Waals surface area contributed by atoms with Crippen LogP contribution in [-0.4, -0.2) is 49.1 Å². The number of hydrogen-bond donors (Lipinski definition) is 1. The number of aryl methyl sites for hydroxylation is 1. The van der Waals surface area contributed by atoms with Crippen molar-refractivity contribution in [2.24, 2.45) is 0 Å². The molecule has 2 rings (SSSR count). The normalized spacial score (nSPS) is 18.5. The van der Waals surface area contributed by atoms with Crippen molar-refractivity contribution < 1.29 is 17.9 Å². The molecule has 0 aliphatic heterocycles. The molecule has 22 heavy (non-hydrogen) atoms. The molecule has 4 nitrogen and oxygen atoms in total. The molecule has 0 saturated heterocycles. The second-order valence-corrected chi connectivity index (χ2v) is 8.57. The predicted molar refractivity (Wildman–Crippen MR) is 85.0 cm³/mol. The van der Waals surface area contributed by atoms with Crippen molar-refractivity contribution in [3.8, 4) is 0 Å². The van der Waals surface area contributed by atoms with Crippen LogP contribution in [0.1, 0.15) is 37.0 Å². The molecule has 1 fully saturated rings. The fourth-order valence-corrected chi connectivity index (χ4v) is 4.01. The Bertz CT molecular complexity index is 628. The lowest BCUT2D eigenvalue weighted by Gasteiger charge is -2.31. The average Bonchev–Trinajstić information content (AvgIpc) is 3.17. The Morgan fingerprint density at radius 1 is 1.41 bits per heavy atom. The van der Waals surface area contributed by atoms with E-state index in [0.29, 0.717) is 23.7 Å². The summed E-state index contributed by atoms with van der Waals surface area (Å²) in [6.07, 6.45) is 2.55. The highest BCUT2D eigenvalue weighted by Gasteiger charge is 2.34. The summed E-state index contributed by atoms with van der Waals surface area (Å²) in [4.78, 5) is 2.06. The number of nitrogens with zero attached hydrogens (tertiary/aromatic N) is 1. The molecule has 1 aromatic rings. The maximum Gasteiger partial charge on any atom is 0.148 e. The summed E-state index contributed by atoms with van der Waals surface area (Å²) in [5.74, 6) is -0.239. The first-order chi connectivity index (χ1) is 10.2. The summed E-state index contributed by atoms with van der Waals surface area (Å²) < 4.78 is 36.2. The van der Waals surface area contributed by atoms with Gasteiger partial charge in [0, 0.05) is 24.9 Å². The molecule has 0 radical (unpaired) electrons. The summed E-state index contributed by atoms with van der Waals surface area (Å²) >= 11 is 0. The molecule has 0 amide bonds. The Morgan fingerprint density at radius 2 is 2.05 bits per heavy atom. The fourth-order valence-electron chi connectivity index (χ4n) is 2.94. The molecule has 1 aliphatic carbocycles. The van der Waals surface area contributed by atoms with Gasteiger partial charge in [0.25, 0.3) is 0 Å². The topological polar surface area (TPSA) is 57.6 Å². The first kappa shape index (κ1) is 17.4. The van der Waals surface area contributed by atoms with Crippen LogP contribution in [0.3, 0.4) is 0 Å². The molecule has 1 aromatic carbocycles. The van der Waals surface area contributed by atoms with Gasteiger partial charge >= 0.3 is 0 Å². The minimum Gasteiger partial charge on any atom is -0.387 e. The van der Waals surface area contributed by atoms with Gasteiger partial charge in [-0.1, -0.05) is 6.07 Å². The van der Waals surface area contributed by atoms with Crippen molar-refractivity contribution in [3.05, 3.63) is 35.1 Å². The molecule has 2 unspecified atom stereocenters. The van der Waals surface area contributed by atoms with Crippen LogP contribution in [0.2, 0.25) is 0 Å². The van der Waals surface area contributed by atoms with Gasteiger partial charge in [0.05, 0.1) is 11.9 Å². The van der Waals surface area contributed by atoms with E-state index in [4.69, 9.17) is 0 Å². The molecule has 1 N–H and O–H groups in total. The van der Waals surface area contributed by atoms with E-state index in [2.05, 4.69) is 4.90 Å². The van der Waals surface area contributed by atoms with Gasteiger partial charge < -0.3 is 5.11 Å². The summed E-state index contributed by atoms with van der Waals surface area (Å²) in [7, 11) is -3.06. The van der Waals surface area contributed by atoms with Crippen LogP contribution in [0.25, 0.3) is 0 Å². The van der Waals surface area contributed by atoms with E-state index in [-0.39, 0.29) is 17.6 Å². The molecule has 0 aromatic heterocycles. The van der Waals surface area contributed by atoms with Gasteiger partial charge in [-0.3, -0.25) is 4.90 Å². The number of sulfone groups is 1. The second-order valence-electron chi connectivity index (χ2n) is 6.39. The number of aliphatic hydroxyl groups excluding tert-OH is 1. The van der Waals surface area contributed by atoms with E-state index in [9.17, 15) is 17.9 Å². The highest BCUT2D eigenvalue weighted by atomic mass is 32.2. The molecule has 1 aliphatic rings. The monoisotopic (exact) mass is 329 g/mol. The summed E-state index contributed by atoms with van der Waals surface area (Å²) in [6.45, 7) is 4.01. The van der Waals surface area contributed by atoms with Gasteiger partial charge in [-0.2, -0.15) is 0 Å². The molecule has 2 atom stereocenters. The van der Waals surface area contributed by atoms with Gasteiger partial charge in [0.2, 0.25) is 0 Å². The number of aliphatic hydroxyl groups is 1. The van der Waals surface area contributed by atoms with Crippen molar-refractivity contribution in [3.63, 3.8) is 0 Å². The van der Waals surface area contributed by atoms with Crippen molar-refractivity contribution in [1.29, 1.82) is 0 Å². The maximum atomic E-state index is 13.2. The zero-order valence-corrected chi connectivity index (χ0v) is 14.1. The van der Waals surface area contributed by atoms with Crippen LogP contribution in [0.15, 0.2) is 18.2 Å². The van der Waals surface area contributed by atoms with Crippen LogP contribution < -0.4 is 0 Å². The quantitative estimate of drug-likeness (QED) is 0.832. The molecule has 6 heteroatoms. The van der Waals surface area contributed by atoms with Crippen LogP contribution in [0, 0.1) is 12.7 Å². The van der Waals surface area contributed by atoms with E-state index in [1.165, 1.54) is 18.4 Å². The maximum absolute atomic E-state index is 13.2. The van der Waals surface area contributed by atoms with Gasteiger partial charge in [0.15, 0.2) is 0 Å². The zero-order valence-electron chi connectivity index (χ0n) is 13.3. The van der Waals surface area contributed by atoms with Crippen LogP contribution in [0.5, 0.6) is 0 Å². The molecule has 1 saturated carbocycles. The lowest BCUT2D eigenvalue weighted by Crippen LogP contribution is -2.42. The van der Waals surface area contributed by atoms with Gasteiger partial charge in [-0.25, -0.2) is 12.8 Å². The van der Waals surface area contributed by atoms with Crippen molar-refractivity contribution in [1.82, 2.24) is 4.90 Å². The number of halogens is 1. The Hall–Kier alpha value is -0.980. The molecular formula is C16H24FNO3S. The van der Waals surface area contributed by atoms with Crippen LogP contribution in [-0.2, 0) is 9.84 Å². The van der Waals surface area contributed by atoms with E-state index >= 15 is 0 Å². The third-order valence-corrected chi connectivity index (χ3v) is 5.19. The predicted octanol–water partition coefficient (Wildman–Crippen LogP) is 2.07. The summed E-state index contributed by atoms with van der Waals surface area (Å²) in [6, 6.07) is 4.54. The Kier molecular flexibility index (Phi) is 5.25. The summed E-state index contributed by atoms with van der Waals surface area (Å²) in [5, 5.41) is 10.5. The van der Waals surface area contributed by atoms with Crippen molar-refractivity contribution in [2.75, 3.05) is 18.6 Å². The van der Waals surface area contributed by atoms with E-state index in [1.54, 1.807) is 13.0 Å². The summed E-state index contributed by atoms with van der Waals surface area (Å²) in [5.41, 5.74) is 1.40. The highest BCUT2D eigenvalue weighted by Crippen LogP contribution is 2.31. The number of hydrogen-bond acceptors (Lipinski definition) is 4. The largest absolute Gasteiger partial charge is 0.387 e. The Morgan fingerprint density at radius 3 is 2.55 bits per heavy atom. The lowest BCUT2D eigenvalue weighted by molar-refractivity contribution is 0.0906. The molecular weight excluding hydrogens is 305 g/mol. The third kappa shape index (κ3) is 4.76. The molecule has 0 heterocycles. The Balaban J connectivity index is 2.10. The molecule has 0 spiro atoms. The second kappa shape index (κ2) is 6.64. The minimum absolute atomic E-state index is 0.0820. The standard InChI is InChI=1S/C16H24FNO3S/c1-11-8-13(17)4-7-15(11)16(19)9-18(14-5-6-14)12(2)10-22(3,20)21/h4,7-8,12,14,16,19H,5-6,9-10H2,1-3H3. The average molecular weight is 329 g/mol. The van der Waals surface area contributed by atoms with Gasteiger partial charge in [-0.05, 0) is 49.9 Å². The highest BCUT2D eigenvalue weighted by molar-refractivity contribution is 7.90. The minimum atomic E-state index is -3.06. The number of rotatable bonds is 7.